The first-order chi connectivity index (χ1) is 14.3. The zero-order valence-electron chi connectivity index (χ0n) is 18.0. The molecule has 3 N–H and O–H groups in total. The van der Waals surface area contributed by atoms with Crippen LogP contribution in [-0.2, 0) is 9.53 Å². The molecule has 1 amide bonds. The molecule has 7 heteroatoms. The highest BCUT2D eigenvalue weighted by Gasteiger charge is 2.15. The molecule has 0 saturated heterocycles. The fourth-order valence-corrected chi connectivity index (χ4v) is 3.44. The van der Waals surface area contributed by atoms with E-state index < -0.39 is 0 Å². The maximum absolute atomic E-state index is 12.0. The maximum Gasteiger partial charge on any atom is 0.226 e. The standard InChI is InChI=1S/C23H27N3O4/c1-13-8-19(25-21(27)6-7-28-5)9-14(2)23(13)29-20-11-17(10-18(24)12-20)22-15(3)26-30-16(22)4/h8-12H,6-7,24H2,1-5H3,(H,25,27). The van der Waals surface area contributed by atoms with Gasteiger partial charge in [-0.2, -0.15) is 0 Å². The molecule has 0 aliphatic heterocycles. The molecule has 0 unspecified atom stereocenters. The van der Waals surface area contributed by atoms with E-state index in [2.05, 4.69) is 10.5 Å². The van der Waals surface area contributed by atoms with E-state index in [4.69, 9.17) is 19.7 Å². The molecule has 30 heavy (non-hydrogen) atoms. The van der Waals surface area contributed by atoms with Gasteiger partial charge in [-0.15, -0.1) is 0 Å². The molecule has 0 saturated carbocycles. The zero-order chi connectivity index (χ0) is 21.8. The van der Waals surface area contributed by atoms with Crippen LogP contribution in [0.25, 0.3) is 11.1 Å². The van der Waals surface area contributed by atoms with Gasteiger partial charge in [0.05, 0.1) is 18.7 Å². The van der Waals surface area contributed by atoms with Gasteiger partial charge in [0.2, 0.25) is 5.91 Å². The summed E-state index contributed by atoms with van der Waals surface area (Å²) in [4.78, 5) is 12.0. The van der Waals surface area contributed by atoms with Gasteiger partial charge in [-0.1, -0.05) is 5.16 Å². The van der Waals surface area contributed by atoms with Gasteiger partial charge in [0.1, 0.15) is 17.3 Å². The highest BCUT2D eigenvalue weighted by Crippen LogP contribution is 2.36. The van der Waals surface area contributed by atoms with Gasteiger partial charge in [0.25, 0.3) is 0 Å². The normalized spacial score (nSPS) is 10.8. The highest BCUT2D eigenvalue weighted by molar-refractivity contribution is 5.91. The number of hydrogen-bond acceptors (Lipinski definition) is 6. The van der Waals surface area contributed by atoms with E-state index >= 15 is 0 Å². The van der Waals surface area contributed by atoms with E-state index in [-0.39, 0.29) is 5.91 Å². The monoisotopic (exact) mass is 409 g/mol. The third-order valence-electron chi connectivity index (χ3n) is 4.75. The lowest BCUT2D eigenvalue weighted by Gasteiger charge is -2.15. The first-order valence-electron chi connectivity index (χ1n) is 9.70. The number of aromatic nitrogens is 1. The molecule has 0 bridgehead atoms. The van der Waals surface area contributed by atoms with E-state index in [9.17, 15) is 4.79 Å². The summed E-state index contributed by atoms with van der Waals surface area (Å²) in [6.45, 7) is 8.02. The Kier molecular flexibility index (Phi) is 6.42. The van der Waals surface area contributed by atoms with Gasteiger partial charge in [0.15, 0.2) is 0 Å². The number of ether oxygens (including phenoxy) is 2. The number of amides is 1. The summed E-state index contributed by atoms with van der Waals surface area (Å²) in [6.07, 6.45) is 0.306. The Labute approximate surface area is 176 Å². The molecule has 3 rings (SSSR count). The lowest BCUT2D eigenvalue weighted by Crippen LogP contribution is -2.13. The average molecular weight is 409 g/mol. The van der Waals surface area contributed by atoms with Gasteiger partial charge < -0.3 is 25.0 Å². The number of nitrogen functional groups attached to an aromatic ring is 1. The second kappa shape index (κ2) is 9.00. The van der Waals surface area contributed by atoms with Crippen LogP contribution < -0.4 is 15.8 Å². The summed E-state index contributed by atoms with van der Waals surface area (Å²) in [5.41, 5.74) is 11.8. The van der Waals surface area contributed by atoms with Crippen molar-refractivity contribution in [1.29, 1.82) is 0 Å². The fraction of sp³-hybridized carbons (Fsp3) is 0.304. The summed E-state index contributed by atoms with van der Waals surface area (Å²) >= 11 is 0. The molecule has 0 aliphatic carbocycles. The smallest absolute Gasteiger partial charge is 0.226 e. The predicted molar refractivity (Wildman–Crippen MR) is 117 cm³/mol. The first kappa shape index (κ1) is 21.4. The SMILES string of the molecule is COCCC(=O)Nc1cc(C)c(Oc2cc(N)cc(-c3c(C)noc3C)c2)c(C)c1. The van der Waals surface area contributed by atoms with Crippen molar-refractivity contribution in [2.75, 3.05) is 24.8 Å². The van der Waals surface area contributed by atoms with Gasteiger partial charge in [-0.05, 0) is 68.7 Å². The zero-order valence-corrected chi connectivity index (χ0v) is 18.0. The minimum atomic E-state index is -0.0933. The Morgan fingerprint density at radius 1 is 1.10 bits per heavy atom. The van der Waals surface area contributed by atoms with Crippen LogP contribution in [0.5, 0.6) is 11.5 Å². The van der Waals surface area contributed by atoms with E-state index in [0.717, 1.165) is 45.1 Å². The Bertz CT molecular complexity index is 1030. The largest absolute Gasteiger partial charge is 0.457 e. The van der Waals surface area contributed by atoms with Crippen molar-refractivity contribution < 1.29 is 18.8 Å². The van der Waals surface area contributed by atoms with Crippen molar-refractivity contribution >= 4 is 17.3 Å². The first-order valence-corrected chi connectivity index (χ1v) is 9.70. The van der Waals surface area contributed by atoms with Gasteiger partial charge in [-0.25, -0.2) is 0 Å². The van der Waals surface area contributed by atoms with Crippen LogP contribution in [0.2, 0.25) is 0 Å². The highest BCUT2D eigenvalue weighted by atomic mass is 16.5. The number of benzene rings is 2. The van der Waals surface area contributed by atoms with Crippen LogP contribution in [0.1, 0.15) is 29.0 Å². The van der Waals surface area contributed by atoms with E-state index in [1.807, 2.05) is 52.0 Å². The van der Waals surface area contributed by atoms with Crippen LogP contribution in [0.15, 0.2) is 34.9 Å². The summed E-state index contributed by atoms with van der Waals surface area (Å²) in [5, 5.41) is 6.90. The van der Waals surface area contributed by atoms with E-state index in [1.54, 1.807) is 13.2 Å². The van der Waals surface area contributed by atoms with Gasteiger partial charge in [0, 0.05) is 30.1 Å². The molecule has 3 aromatic rings. The predicted octanol–water partition coefficient (Wildman–Crippen LogP) is 4.92. The quantitative estimate of drug-likeness (QED) is 0.537. The van der Waals surface area contributed by atoms with Gasteiger partial charge in [-0.3, -0.25) is 4.79 Å². The molecule has 0 radical (unpaired) electrons. The topological polar surface area (TPSA) is 99.6 Å². The fourth-order valence-electron chi connectivity index (χ4n) is 3.44. The molecule has 0 atom stereocenters. The minimum absolute atomic E-state index is 0.0933. The van der Waals surface area contributed by atoms with Crippen LogP contribution >= 0.6 is 0 Å². The molecule has 0 aliphatic rings. The summed E-state index contributed by atoms with van der Waals surface area (Å²) < 4.78 is 16.4. The van der Waals surface area contributed by atoms with Crippen molar-refractivity contribution in [2.24, 2.45) is 0 Å². The number of carbonyl (C=O) groups is 1. The molecule has 0 fully saturated rings. The third-order valence-corrected chi connectivity index (χ3v) is 4.75. The van der Waals surface area contributed by atoms with Crippen molar-refractivity contribution in [3.05, 3.63) is 52.9 Å². The summed E-state index contributed by atoms with van der Waals surface area (Å²) in [5.74, 6) is 1.97. The van der Waals surface area contributed by atoms with Crippen LogP contribution in [0.4, 0.5) is 11.4 Å². The van der Waals surface area contributed by atoms with Crippen molar-refractivity contribution in [1.82, 2.24) is 5.16 Å². The Balaban J connectivity index is 1.87. The minimum Gasteiger partial charge on any atom is -0.457 e. The molecule has 2 aromatic carbocycles. The second-order valence-corrected chi connectivity index (χ2v) is 7.32. The van der Waals surface area contributed by atoms with Gasteiger partial charge >= 0.3 is 0 Å². The number of anilines is 2. The molecule has 1 aromatic heterocycles. The number of hydrogen-bond donors (Lipinski definition) is 2. The summed E-state index contributed by atoms with van der Waals surface area (Å²) in [7, 11) is 1.57. The molecule has 1 heterocycles. The number of nitrogens with one attached hydrogen (secondary N) is 1. The molecular weight excluding hydrogens is 382 g/mol. The Morgan fingerprint density at radius 2 is 1.80 bits per heavy atom. The Morgan fingerprint density at radius 3 is 2.40 bits per heavy atom. The molecule has 7 nitrogen and oxygen atoms in total. The van der Waals surface area contributed by atoms with E-state index in [0.29, 0.717) is 24.5 Å². The lowest BCUT2D eigenvalue weighted by atomic mass is 10.0. The van der Waals surface area contributed by atoms with Crippen molar-refractivity contribution in [2.45, 2.75) is 34.1 Å². The lowest BCUT2D eigenvalue weighted by molar-refractivity contribution is -0.117. The van der Waals surface area contributed by atoms with E-state index in [1.165, 1.54) is 0 Å². The van der Waals surface area contributed by atoms with Crippen LogP contribution in [-0.4, -0.2) is 24.8 Å². The van der Waals surface area contributed by atoms with Crippen molar-refractivity contribution in [3.63, 3.8) is 0 Å². The maximum atomic E-state index is 12.0. The van der Waals surface area contributed by atoms with Crippen LogP contribution in [0, 0.1) is 27.7 Å². The molecular formula is C23H27N3O4. The molecule has 0 spiro atoms. The Hall–Kier alpha value is -3.32. The van der Waals surface area contributed by atoms with Crippen molar-refractivity contribution in [3.8, 4) is 22.6 Å². The second-order valence-electron chi connectivity index (χ2n) is 7.32. The number of rotatable bonds is 7. The average Bonchev–Trinajstić information content (AvgIpc) is 3.01. The number of methoxy groups -OCH3 is 1. The number of aryl methyl sites for hydroxylation is 4. The summed E-state index contributed by atoms with van der Waals surface area (Å²) in [6, 6.07) is 9.34. The molecule has 158 valence electrons. The number of nitrogens with two attached hydrogens (primary N) is 1. The number of carbonyl (C=O) groups excluding carboxylic acids is 1. The third kappa shape index (κ3) is 4.80. The number of nitrogens with zero attached hydrogens (tertiary/aromatic N) is 1. The van der Waals surface area contributed by atoms with Crippen LogP contribution in [0.3, 0.4) is 0 Å².